The molecular weight excluding hydrogens is 282 g/mol. The van der Waals surface area contributed by atoms with Gasteiger partial charge in [-0.3, -0.25) is 4.90 Å². The van der Waals surface area contributed by atoms with Gasteiger partial charge in [0.15, 0.2) is 0 Å². The zero-order valence-electron chi connectivity index (χ0n) is 13.0. The summed E-state index contributed by atoms with van der Waals surface area (Å²) in [7, 11) is 0. The first kappa shape index (κ1) is 15.0. The predicted octanol–water partition coefficient (Wildman–Crippen LogP) is 2.36. The third kappa shape index (κ3) is 3.64. The Morgan fingerprint density at radius 1 is 1.32 bits per heavy atom. The van der Waals surface area contributed by atoms with Crippen molar-refractivity contribution in [1.82, 2.24) is 15.0 Å². The Hall–Kier alpha value is -1.92. The van der Waals surface area contributed by atoms with E-state index >= 15 is 0 Å². The van der Waals surface area contributed by atoms with Crippen LogP contribution in [0.4, 0.5) is 0 Å². The van der Waals surface area contributed by atoms with E-state index in [-0.39, 0.29) is 6.10 Å². The van der Waals surface area contributed by atoms with Crippen LogP contribution < -0.4 is 4.74 Å². The van der Waals surface area contributed by atoms with E-state index in [0.717, 1.165) is 31.0 Å². The Morgan fingerprint density at radius 2 is 2.14 bits per heavy atom. The van der Waals surface area contributed by atoms with Gasteiger partial charge >= 0.3 is 0 Å². The van der Waals surface area contributed by atoms with Crippen molar-refractivity contribution in [3.63, 3.8) is 0 Å². The molecule has 0 bridgehead atoms. The van der Waals surface area contributed by atoms with Gasteiger partial charge < -0.3 is 14.0 Å². The molecule has 0 radical (unpaired) electrons. The summed E-state index contributed by atoms with van der Waals surface area (Å²) in [6.07, 6.45) is 0.252. The van der Waals surface area contributed by atoms with E-state index in [4.69, 9.17) is 14.0 Å². The summed E-state index contributed by atoms with van der Waals surface area (Å²) in [6.45, 7) is 7.89. The van der Waals surface area contributed by atoms with Crippen molar-refractivity contribution in [2.45, 2.75) is 26.5 Å². The third-order valence-electron chi connectivity index (χ3n) is 3.58. The number of nitrogens with zero attached hydrogens (tertiary/aromatic N) is 3. The van der Waals surface area contributed by atoms with Gasteiger partial charge in [0.25, 0.3) is 0 Å². The van der Waals surface area contributed by atoms with Crippen LogP contribution in [0.5, 0.6) is 5.75 Å². The molecule has 118 valence electrons. The molecule has 0 unspecified atom stereocenters. The van der Waals surface area contributed by atoms with Gasteiger partial charge in [-0.05, 0) is 38.1 Å². The molecule has 1 aliphatic rings. The average Bonchev–Trinajstić information content (AvgIpc) is 2.97. The van der Waals surface area contributed by atoms with Gasteiger partial charge in [0.05, 0.1) is 25.9 Å². The highest BCUT2D eigenvalue weighted by Crippen LogP contribution is 2.20. The van der Waals surface area contributed by atoms with E-state index in [0.29, 0.717) is 24.9 Å². The van der Waals surface area contributed by atoms with Crippen molar-refractivity contribution in [3.05, 3.63) is 30.2 Å². The van der Waals surface area contributed by atoms with Crippen LogP contribution in [0.1, 0.15) is 19.7 Å². The van der Waals surface area contributed by atoms with Gasteiger partial charge in [-0.2, -0.15) is 4.98 Å². The van der Waals surface area contributed by atoms with E-state index in [2.05, 4.69) is 22.0 Å². The molecule has 6 nitrogen and oxygen atoms in total. The number of hydrogen-bond donors (Lipinski definition) is 0. The smallest absolute Gasteiger partial charge is 0.241 e. The molecular formula is C16H21N3O3. The fraction of sp³-hybridized carbons (Fsp3) is 0.500. The predicted molar refractivity (Wildman–Crippen MR) is 81.6 cm³/mol. The van der Waals surface area contributed by atoms with Crippen LogP contribution in [0.2, 0.25) is 0 Å². The maximum atomic E-state index is 5.53. The highest BCUT2D eigenvalue weighted by Gasteiger charge is 2.19. The first-order chi connectivity index (χ1) is 10.7. The first-order valence-corrected chi connectivity index (χ1v) is 7.64. The van der Waals surface area contributed by atoms with Gasteiger partial charge in [-0.25, -0.2) is 0 Å². The topological polar surface area (TPSA) is 60.6 Å². The zero-order chi connectivity index (χ0) is 15.4. The highest BCUT2D eigenvalue weighted by molar-refractivity contribution is 5.55. The molecule has 3 rings (SSSR count). The fourth-order valence-electron chi connectivity index (χ4n) is 2.53. The summed E-state index contributed by atoms with van der Waals surface area (Å²) >= 11 is 0. The number of rotatable bonds is 5. The molecule has 1 aromatic carbocycles. The van der Waals surface area contributed by atoms with E-state index in [9.17, 15) is 0 Å². The Balaban J connectivity index is 1.65. The zero-order valence-corrected chi connectivity index (χ0v) is 13.0. The second kappa shape index (κ2) is 6.89. The Morgan fingerprint density at radius 3 is 2.86 bits per heavy atom. The molecule has 1 fully saturated rings. The van der Waals surface area contributed by atoms with Gasteiger partial charge in [-0.1, -0.05) is 5.16 Å². The lowest BCUT2D eigenvalue weighted by Gasteiger charge is -2.29. The van der Waals surface area contributed by atoms with Crippen molar-refractivity contribution < 1.29 is 14.0 Å². The van der Waals surface area contributed by atoms with Crippen molar-refractivity contribution in [1.29, 1.82) is 0 Å². The van der Waals surface area contributed by atoms with Crippen LogP contribution in [0.3, 0.4) is 0 Å². The molecule has 1 atom stereocenters. The van der Waals surface area contributed by atoms with Crippen molar-refractivity contribution >= 4 is 0 Å². The molecule has 0 saturated carbocycles. The minimum atomic E-state index is 0.252. The second-order valence-corrected chi connectivity index (χ2v) is 5.39. The van der Waals surface area contributed by atoms with Crippen LogP contribution in [0.25, 0.3) is 11.4 Å². The summed E-state index contributed by atoms with van der Waals surface area (Å²) < 4.78 is 16.3. The highest BCUT2D eigenvalue weighted by atomic mass is 16.5. The van der Waals surface area contributed by atoms with Crippen LogP contribution in [-0.4, -0.2) is 47.4 Å². The molecule has 1 saturated heterocycles. The minimum absolute atomic E-state index is 0.252. The Bertz CT molecular complexity index is 597. The third-order valence-corrected chi connectivity index (χ3v) is 3.58. The summed E-state index contributed by atoms with van der Waals surface area (Å²) in [5.41, 5.74) is 0.925. The molecule has 0 spiro atoms. The average molecular weight is 303 g/mol. The van der Waals surface area contributed by atoms with Crippen molar-refractivity contribution in [3.8, 4) is 17.1 Å². The molecule has 2 aromatic rings. The molecule has 0 N–H and O–H groups in total. The summed E-state index contributed by atoms with van der Waals surface area (Å²) in [4.78, 5) is 6.74. The number of benzene rings is 1. The number of ether oxygens (including phenoxy) is 2. The SMILES string of the molecule is CCOc1ccc(-c2noc(CN3CCO[C@@H](C)C3)n2)cc1. The lowest BCUT2D eigenvalue weighted by Crippen LogP contribution is -2.40. The monoisotopic (exact) mass is 303 g/mol. The second-order valence-electron chi connectivity index (χ2n) is 5.39. The Labute approximate surface area is 130 Å². The number of morpholine rings is 1. The fourth-order valence-corrected chi connectivity index (χ4v) is 2.53. The van der Waals surface area contributed by atoms with Gasteiger partial charge in [0.2, 0.25) is 11.7 Å². The van der Waals surface area contributed by atoms with Crippen LogP contribution >= 0.6 is 0 Å². The van der Waals surface area contributed by atoms with E-state index in [1.54, 1.807) is 0 Å². The molecule has 2 heterocycles. The largest absolute Gasteiger partial charge is 0.494 e. The van der Waals surface area contributed by atoms with Crippen molar-refractivity contribution in [2.24, 2.45) is 0 Å². The van der Waals surface area contributed by atoms with E-state index in [1.165, 1.54) is 0 Å². The van der Waals surface area contributed by atoms with Crippen LogP contribution in [0.15, 0.2) is 28.8 Å². The van der Waals surface area contributed by atoms with Gasteiger partial charge in [0, 0.05) is 18.7 Å². The summed E-state index contributed by atoms with van der Waals surface area (Å²) in [5.74, 6) is 2.09. The standard InChI is InChI=1S/C16H21N3O3/c1-3-20-14-6-4-13(5-7-14)16-17-15(22-18-16)11-19-8-9-21-12(2)10-19/h4-7,12H,3,8-11H2,1-2H3/t12-/m0/s1. The number of aromatic nitrogens is 2. The maximum absolute atomic E-state index is 5.53. The maximum Gasteiger partial charge on any atom is 0.241 e. The Kier molecular flexibility index (Phi) is 4.70. The first-order valence-electron chi connectivity index (χ1n) is 7.64. The summed E-state index contributed by atoms with van der Waals surface area (Å²) in [6, 6.07) is 7.71. The minimum Gasteiger partial charge on any atom is -0.494 e. The lowest BCUT2D eigenvalue weighted by atomic mass is 10.2. The molecule has 22 heavy (non-hydrogen) atoms. The van der Waals surface area contributed by atoms with Gasteiger partial charge in [-0.15, -0.1) is 0 Å². The molecule has 1 aliphatic heterocycles. The lowest BCUT2D eigenvalue weighted by molar-refractivity contribution is -0.0240. The van der Waals surface area contributed by atoms with Crippen molar-refractivity contribution in [2.75, 3.05) is 26.3 Å². The molecule has 6 heteroatoms. The quantitative estimate of drug-likeness (QED) is 0.845. The normalized spacial score (nSPS) is 19.3. The van der Waals surface area contributed by atoms with Crippen LogP contribution in [0, 0.1) is 0 Å². The molecule has 0 aliphatic carbocycles. The summed E-state index contributed by atoms with van der Waals surface area (Å²) in [5, 5.41) is 4.06. The van der Waals surface area contributed by atoms with E-state index < -0.39 is 0 Å². The van der Waals surface area contributed by atoms with Gasteiger partial charge in [0.1, 0.15) is 5.75 Å². The number of hydrogen-bond acceptors (Lipinski definition) is 6. The van der Waals surface area contributed by atoms with E-state index in [1.807, 2.05) is 31.2 Å². The molecule has 0 amide bonds. The van der Waals surface area contributed by atoms with Crippen LogP contribution in [-0.2, 0) is 11.3 Å². The molecule has 1 aromatic heterocycles.